The van der Waals surface area contributed by atoms with Crippen LogP contribution in [0.3, 0.4) is 0 Å². The maximum Gasteiger partial charge on any atom is 0.150 e. The topological polar surface area (TPSA) is 69.6 Å². The van der Waals surface area contributed by atoms with Gasteiger partial charge in [-0.3, -0.25) is 4.79 Å². The number of hydrogen-bond acceptors (Lipinski definition) is 4. The SMILES string of the molecule is Cc1cc([C@H](O)CN[C@@H](C)Cc2ccc(C=O)cc2)ccc1O. The number of aryl methyl sites for hydroxylation is 1. The first kappa shape index (κ1) is 17.2. The average molecular weight is 313 g/mol. The molecule has 2 atom stereocenters. The molecule has 2 rings (SSSR count). The number of aldehydes is 1. The molecule has 4 heteroatoms. The fourth-order valence-electron chi connectivity index (χ4n) is 2.47. The highest BCUT2D eigenvalue weighted by atomic mass is 16.3. The van der Waals surface area contributed by atoms with Crippen molar-refractivity contribution in [2.45, 2.75) is 32.4 Å². The average Bonchev–Trinajstić information content (AvgIpc) is 2.56. The number of rotatable bonds is 7. The van der Waals surface area contributed by atoms with Crippen molar-refractivity contribution in [2.24, 2.45) is 0 Å². The molecule has 2 aromatic rings. The molecular weight excluding hydrogens is 290 g/mol. The van der Waals surface area contributed by atoms with E-state index >= 15 is 0 Å². The zero-order valence-electron chi connectivity index (χ0n) is 13.5. The van der Waals surface area contributed by atoms with E-state index in [0.717, 1.165) is 29.4 Å². The van der Waals surface area contributed by atoms with E-state index in [2.05, 4.69) is 12.2 Å². The zero-order valence-corrected chi connectivity index (χ0v) is 13.5. The van der Waals surface area contributed by atoms with Gasteiger partial charge in [0.25, 0.3) is 0 Å². The van der Waals surface area contributed by atoms with Crippen LogP contribution < -0.4 is 5.32 Å². The number of nitrogens with one attached hydrogen (secondary N) is 1. The molecule has 0 heterocycles. The van der Waals surface area contributed by atoms with E-state index in [1.54, 1.807) is 18.2 Å². The molecule has 0 spiro atoms. The Morgan fingerprint density at radius 2 is 1.87 bits per heavy atom. The van der Waals surface area contributed by atoms with E-state index in [4.69, 9.17) is 0 Å². The summed E-state index contributed by atoms with van der Waals surface area (Å²) in [5, 5.41) is 23.1. The minimum atomic E-state index is -0.616. The summed E-state index contributed by atoms with van der Waals surface area (Å²) < 4.78 is 0. The van der Waals surface area contributed by atoms with E-state index in [1.165, 1.54) is 0 Å². The summed E-state index contributed by atoms with van der Waals surface area (Å²) in [6, 6.07) is 12.8. The third-order valence-electron chi connectivity index (χ3n) is 3.92. The molecule has 0 aliphatic heterocycles. The quantitative estimate of drug-likeness (QED) is 0.688. The Kier molecular flexibility index (Phi) is 5.90. The van der Waals surface area contributed by atoms with Crippen LogP contribution in [0.25, 0.3) is 0 Å². The zero-order chi connectivity index (χ0) is 16.8. The number of carbonyl (C=O) groups excluding carboxylic acids is 1. The van der Waals surface area contributed by atoms with Gasteiger partial charge in [0.1, 0.15) is 12.0 Å². The molecule has 0 aromatic heterocycles. The summed E-state index contributed by atoms with van der Waals surface area (Å²) in [6.07, 6.45) is 1.04. The van der Waals surface area contributed by atoms with E-state index in [9.17, 15) is 15.0 Å². The first-order valence-corrected chi connectivity index (χ1v) is 7.74. The van der Waals surface area contributed by atoms with Crippen molar-refractivity contribution in [3.8, 4) is 5.75 Å². The van der Waals surface area contributed by atoms with Crippen molar-refractivity contribution in [3.63, 3.8) is 0 Å². The molecule has 0 saturated heterocycles. The molecule has 0 aliphatic carbocycles. The maximum absolute atomic E-state index is 10.6. The monoisotopic (exact) mass is 313 g/mol. The van der Waals surface area contributed by atoms with Gasteiger partial charge >= 0.3 is 0 Å². The molecule has 0 fully saturated rings. The minimum absolute atomic E-state index is 0.199. The van der Waals surface area contributed by atoms with Gasteiger partial charge in [0.15, 0.2) is 0 Å². The lowest BCUT2D eigenvalue weighted by Gasteiger charge is -2.18. The molecule has 2 aromatic carbocycles. The lowest BCUT2D eigenvalue weighted by Crippen LogP contribution is -2.32. The Bertz CT molecular complexity index is 652. The molecule has 0 radical (unpaired) electrons. The molecule has 0 unspecified atom stereocenters. The summed E-state index contributed by atoms with van der Waals surface area (Å²) in [5.41, 5.74) is 3.36. The number of hydrogen-bond donors (Lipinski definition) is 3. The van der Waals surface area contributed by atoms with Crippen molar-refractivity contribution in [2.75, 3.05) is 6.54 Å². The van der Waals surface area contributed by atoms with Gasteiger partial charge in [-0.2, -0.15) is 0 Å². The van der Waals surface area contributed by atoms with Crippen molar-refractivity contribution < 1.29 is 15.0 Å². The van der Waals surface area contributed by atoms with E-state index in [1.807, 2.05) is 31.2 Å². The molecule has 0 bridgehead atoms. The summed E-state index contributed by atoms with van der Waals surface area (Å²) in [6.45, 7) is 4.31. The highest BCUT2D eigenvalue weighted by molar-refractivity contribution is 5.74. The number of phenols is 1. The minimum Gasteiger partial charge on any atom is -0.508 e. The van der Waals surface area contributed by atoms with Gasteiger partial charge in [-0.05, 0) is 49.1 Å². The summed E-state index contributed by atoms with van der Waals surface area (Å²) >= 11 is 0. The Labute approximate surface area is 136 Å². The Balaban J connectivity index is 1.86. The van der Waals surface area contributed by atoms with Crippen molar-refractivity contribution in [3.05, 3.63) is 64.7 Å². The van der Waals surface area contributed by atoms with Crippen LogP contribution in [0.5, 0.6) is 5.75 Å². The maximum atomic E-state index is 10.6. The van der Waals surface area contributed by atoms with Gasteiger partial charge in [0.05, 0.1) is 6.10 Å². The first-order chi connectivity index (χ1) is 11.0. The molecule has 23 heavy (non-hydrogen) atoms. The van der Waals surface area contributed by atoms with E-state index < -0.39 is 6.10 Å². The number of aliphatic hydroxyl groups excluding tert-OH is 1. The van der Waals surface area contributed by atoms with Crippen LogP contribution >= 0.6 is 0 Å². The Morgan fingerprint density at radius 1 is 1.17 bits per heavy atom. The van der Waals surface area contributed by atoms with Crippen molar-refractivity contribution >= 4 is 6.29 Å². The molecular formula is C19H23NO3. The molecule has 3 N–H and O–H groups in total. The Morgan fingerprint density at radius 3 is 2.48 bits per heavy atom. The van der Waals surface area contributed by atoms with E-state index in [-0.39, 0.29) is 11.8 Å². The third kappa shape index (κ3) is 4.91. The second kappa shape index (κ2) is 7.90. The fraction of sp³-hybridized carbons (Fsp3) is 0.316. The smallest absolute Gasteiger partial charge is 0.150 e. The highest BCUT2D eigenvalue weighted by Gasteiger charge is 2.11. The van der Waals surface area contributed by atoms with Crippen LogP contribution in [0.15, 0.2) is 42.5 Å². The largest absolute Gasteiger partial charge is 0.508 e. The van der Waals surface area contributed by atoms with Gasteiger partial charge in [0.2, 0.25) is 0 Å². The van der Waals surface area contributed by atoms with Crippen LogP contribution in [0.4, 0.5) is 0 Å². The van der Waals surface area contributed by atoms with Gasteiger partial charge in [0, 0.05) is 18.2 Å². The lowest BCUT2D eigenvalue weighted by atomic mass is 10.0. The van der Waals surface area contributed by atoms with Gasteiger partial charge < -0.3 is 15.5 Å². The number of carbonyl (C=O) groups is 1. The van der Waals surface area contributed by atoms with Crippen molar-refractivity contribution in [1.29, 1.82) is 0 Å². The predicted molar refractivity (Wildman–Crippen MR) is 90.8 cm³/mol. The van der Waals surface area contributed by atoms with Crippen LogP contribution in [0.1, 0.15) is 40.1 Å². The second-order valence-electron chi connectivity index (χ2n) is 5.93. The normalized spacial score (nSPS) is 13.5. The van der Waals surface area contributed by atoms with Crippen LogP contribution in [0, 0.1) is 6.92 Å². The number of phenolic OH excluding ortho intramolecular Hbond substituents is 1. The predicted octanol–water partition coefficient (Wildman–Crippen LogP) is 2.77. The van der Waals surface area contributed by atoms with Gasteiger partial charge in [-0.25, -0.2) is 0 Å². The van der Waals surface area contributed by atoms with Crippen LogP contribution in [-0.4, -0.2) is 29.1 Å². The summed E-state index contributed by atoms with van der Waals surface area (Å²) in [4.78, 5) is 10.6. The van der Waals surface area contributed by atoms with Crippen molar-refractivity contribution in [1.82, 2.24) is 5.32 Å². The number of aromatic hydroxyl groups is 1. The molecule has 0 saturated carbocycles. The number of benzene rings is 2. The molecule has 0 aliphatic rings. The van der Waals surface area contributed by atoms with Gasteiger partial charge in [-0.15, -0.1) is 0 Å². The molecule has 4 nitrogen and oxygen atoms in total. The first-order valence-electron chi connectivity index (χ1n) is 7.74. The highest BCUT2D eigenvalue weighted by Crippen LogP contribution is 2.21. The molecule has 0 amide bonds. The number of aliphatic hydroxyl groups is 1. The fourth-order valence-corrected chi connectivity index (χ4v) is 2.47. The van der Waals surface area contributed by atoms with Gasteiger partial charge in [-0.1, -0.05) is 30.3 Å². The standard InChI is InChI=1S/C19H23NO3/c1-13-9-17(7-8-18(13)22)19(23)11-20-14(2)10-15-3-5-16(12-21)6-4-15/h3-9,12,14,19-20,22-23H,10-11H2,1-2H3/t14-,19+/m0/s1. The molecule has 122 valence electrons. The summed E-state index contributed by atoms with van der Waals surface area (Å²) in [5.74, 6) is 0.237. The van der Waals surface area contributed by atoms with E-state index in [0.29, 0.717) is 12.1 Å². The second-order valence-corrected chi connectivity index (χ2v) is 5.93. The third-order valence-corrected chi connectivity index (χ3v) is 3.92. The Hall–Kier alpha value is -2.17. The van der Waals surface area contributed by atoms with Crippen LogP contribution in [0.2, 0.25) is 0 Å². The summed E-state index contributed by atoms with van der Waals surface area (Å²) in [7, 11) is 0. The lowest BCUT2D eigenvalue weighted by molar-refractivity contribution is 0.112. The van der Waals surface area contributed by atoms with Crippen LogP contribution in [-0.2, 0) is 6.42 Å².